The van der Waals surface area contributed by atoms with E-state index in [0.717, 1.165) is 37.1 Å². The van der Waals surface area contributed by atoms with E-state index < -0.39 is 17.7 Å². The van der Waals surface area contributed by atoms with Gasteiger partial charge in [-0.2, -0.15) is 0 Å². The van der Waals surface area contributed by atoms with Gasteiger partial charge in [-0.1, -0.05) is 45.5 Å². The Balaban J connectivity index is 1.55. The number of carbonyl (C=O) groups is 2. The molecular formula is C29H23BrN2O4S. The Morgan fingerprint density at radius 1 is 1.14 bits per heavy atom. The molecule has 0 spiro atoms. The number of Topliss-reactive ketones (excluding diaryl/α,β-unsaturated/α-hetero) is 1. The number of fused-ring (bicyclic) bond motifs is 2. The summed E-state index contributed by atoms with van der Waals surface area (Å²) < 4.78 is 7.53. The van der Waals surface area contributed by atoms with Gasteiger partial charge in [0.2, 0.25) is 0 Å². The zero-order valence-electron chi connectivity index (χ0n) is 20.4. The highest BCUT2D eigenvalue weighted by Gasteiger charge is 2.48. The molecule has 1 aromatic heterocycles. The Morgan fingerprint density at radius 3 is 2.73 bits per heavy atom. The van der Waals surface area contributed by atoms with Crippen molar-refractivity contribution < 1.29 is 19.4 Å². The van der Waals surface area contributed by atoms with E-state index in [4.69, 9.17) is 9.72 Å². The molecule has 186 valence electrons. The molecule has 0 radical (unpaired) electrons. The number of amides is 1. The van der Waals surface area contributed by atoms with E-state index in [1.165, 1.54) is 16.2 Å². The number of anilines is 1. The number of halogens is 1. The van der Waals surface area contributed by atoms with Crippen molar-refractivity contribution in [2.75, 3.05) is 4.90 Å². The number of hydrogen-bond acceptors (Lipinski definition) is 6. The van der Waals surface area contributed by atoms with Crippen LogP contribution in [0.1, 0.15) is 40.8 Å². The summed E-state index contributed by atoms with van der Waals surface area (Å²) in [7, 11) is 0. The smallest absolute Gasteiger partial charge is 0.301 e. The van der Waals surface area contributed by atoms with Crippen LogP contribution in [0.2, 0.25) is 0 Å². The Labute approximate surface area is 226 Å². The van der Waals surface area contributed by atoms with Crippen molar-refractivity contribution in [3.05, 3.63) is 92.5 Å². The van der Waals surface area contributed by atoms with Crippen LogP contribution in [0.25, 0.3) is 16.0 Å². The first-order valence-electron chi connectivity index (χ1n) is 12.0. The van der Waals surface area contributed by atoms with Gasteiger partial charge >= 0.3 is 5.91 Å². The molecule has 2 aliphatic heterocycles. The Kier molecular flexibility index (Phi) is 5.69. The molecule has 6 nitrogen and oxygen atoms in total. The molecule has 1 saturated heterocycles. The van der Waals surface area contributed by atoms with E-state index in [2.05, 4.69) is 15.9 Å². The molecule has 4 aromatic rings. The van der Waals surface area contributed by atoms with Crippen LogP contribution in [0, 0.1) is 13.8 Å². The lowest BCUT2D eigenvalue weighted by atomic mass is 9.94. The number of rotatable bonds is 3. The fourth-order valence-corrected chi connectivity index (χ4v) is 6.79. The molecule has 0 saturated carbocycles. The molecule has 37 heavy (non-hydrogen) atoms. The number of aliphatic hydroxyl groups is 1. The van der Waals surface area contributed by atoms with Crippen LogP contribution >= 0.6 is 27.3 Å². The van der Waals surface area contributed by atoms with Gasteiger partial charge in [0.1, 0.15) is 17.6 Å². The van der Waals surface area contributed by atoms with Crippen LogP contribution in [0.15, 0.2) is 64.6 Å². The molecule has 0 bridgehead atoms. The molecule has 6 rings (SSSR count). The summed E-state index contributed by atoms with van der Waals surface area (Å²) in [5.41, 5.74) is 5.08. The van der Waals surface area contributed by atoms with Gasteiger partial charge in [-0.3, -0.25) is 14.5 Å². The van der Waals surface area contributed by atoms with Crippen LogP contribution in [0.3, 0.4) is 0 Å². The standard InChI is InChI=1S/C29H23BrN2O4S/c1-14-9-15(2)24-22(10-14)37-29(31-24)32-25(17-5-4-6-20(30)13-17)23(27(34)28(32)35)26(33)18-7-8-21-19(12-18)11-16(3)36-21/h4-10,12-13,16,25,33H,11H2,1-3H3/b26-23-. The van der Waals surface area contributed by atoms with E-state index in [-0.39, 0.29) is 17.4 Å². The first-order valence-corrected chi connectivity index (χ1v) is 13.6. The molecule has 3 heterocycles. The van der Waals surface area contributed by atoms with Gasteiger partial charge in [-0.15, -0.1) is 0 Å². The fraction of sp³-hybridized carbons (Fsp3) is 0.207. The van der Waals surface area contributed by atoms with Crippen LogP contribution in [0.5, 0.6) is 5.75 Å². The minimum absolute atomic E-state index is 0.0437. The van der Waals surface area contributed by atoms with E-state index >= 15 is 0 Å². The number of aryl methyl sites for hydroxylation is 2. The average molecular weight is 575 g/mol. The second kappa shape index (κ2) is 8.82. The maximum Gasteiger partial charge on any atom is 0.301 e. The summed E-state index contributed by atoms with van der Waals surface area (Å²) in [6, 6.07) is 16.0. The molecule has 1 N–H and O–H groups in total. The van der Waals surface area contributed by atoms with Gasteiger partial charge in [-0.05, 0) is 79.4 Å². The van der Waals surface area contributed by atoms with E-state index in [0.29, 0.717) is 22.7 Å². The predicted octanol–water partition coefficient (Wildman–Crippen LogP) is 6.63. The molecule has 1 amide bonds. The third-order valence-electron chi connectivity index (χ3n) is 6.80. The summed E-state index contributed by atoms with van der Waals surface area (Å²) in [5, 5.41) is 11.9. The highest BCUT2D eigenvalue weighted by atomic mass is 79.9. The topological polar surface area (TPSA) is 79.7 Å². The summed E-state index contributed by atoms with van der Waals surface area (Å²) in [6.45, 7) is 5.98. The van der Waals surface area contributed by atoms with Gasteiger partial charge in [-0.25, -0.2) is 4.98 Å². The maximum atomic E-state index is 13.5. The number of hydrogen-bond donors (Lipinski definition) is 1. The van der Waals surface area contributed by atoms with Crippen molar-refractivity contribution in [2.45, 2.75) is 39.3 Å². The molecule has 3 aromatic carbocycles. The number of thiazole rings is 1. The highest BCUT2D eigenvalue weighted by Crippen LogP contribution is 2.45. The van der Waals surface area contributed by atoms with E-state index in [1.807, 2.05) is 63.2 Å². The second-order valence-corrected chi connectivity index (χ2v) is 11.5. The molecule has 8 heteroatoms. The van der Waals surface area contributed by atoms with Gasteiger partial charge in [0.25, 0.3) is 5.78 Å². The van der Waals surface area contributed by atoms with Crippen molar-refractivity contribution in [1.82, 2.24) is 4.98 Å². The Morgan fingerprint density at radius 2 is 1.95 bits per heavy atom. The SMILES string of the molecule is Cc1cc(C)c2nc(N3C(=O)C(=O)/C(=C(\O)c4ccc5c(c4)CC(C)O5)C3c3cccc(Br)c3)sc2c1. The first kappa shape index (κ1) is 23.9. The monoisotopic (exact) mass is 574 g/mol. The zero-order valence-corrected chi connectivity index (χ0v) is 22.8. The number of ketones is 1. The average Bonchev–Trinajstić information content (AvgIpc) is 3.51. The van der Waals surface area contributed by atoms with Gasteiger partial charge in [0.15, 0.2) is 5.13 Å². The van der Waals surface area contributed by atoms with Crippen LogP contribution in [-0.2, 0) is 16.0 Å². The number of ether oxygens (including phenoxy) is 1. The molecular weight excluding hydrogens is 552 g/mol. The maximum absolute atomic E-state index is 13.5. The van der Waals surface area contributed by atoms with Crippen LogP contribution < -0.4 is 9.64 Å². The summed E-state index contributed by atoms with van der Waals surface area (Å²) in [4.78, 5) is 33.3. The summed E-state index contributed by atoms with van der Waals surface area (Å²) in [5.74, 6) is -0.882. The zero-order chi connectivity index (χ0) is 26.0. The highest BCUT2D eigenvalue weighted by molar-refractivity contribution is 9.10. The van der Waals surface area contributed by atoms with Crippen molar-refractivity contribution in [3.8, 4) is 5.75 Å². The number of nitrogens with zero attached hydrogens (tertiary/aromatic N) is 2. The van der Waals surface area contributed by atoms with E-state index in [1.54, 1.807) is 12.1 Å². The quantitative estimate of drug-likeness (QED) is 0.169. The molecule has 0 aliphatic carbocycles. The number of carbonyl (C=O) groups excluding carboxylic acids is 2. The summed E-state index contributed by atoms with van der Waals surface area (Å²) >= 11 is 4.88. The number of aromatic nitrogens is 1. The summed E-state index contributed by atoms with van der Waals surface area (Å²) in [6.07, 6.45) is 0.760. The molecule has 2 atom stereocenters. The third kappa shape index (κ3) is 3.95. The molecule has 1 fully saturated rings. The van der Waals surface area contributed by atoms with Crippen molar-refractivity contribution in [3.63, 3.8) is 0 Å². The minimum Gasteiger partial charge on any atom is -0.507 e. The first-order chi connectivity index (χ1) is 17.7. The largest absolute Gasteiger partial charge is 0.507 e. The third-order valence-corrected chi connectivity index (χ3v) is 8.30. The fourth-order valence-electron chi connectivity index (χ4n) is 5.21. The minimum atomic E-state index is -0.831. The normalized spacial score (nSPS) is 20.5. The molecule has 2 aliphatic rings. The van der Waals surface area contributed by atoms with E-state index in [9.17, 15) is 14.7 Å². The Bertz CT molecular complexity index is 1660. The molecule has 2 unspecified atom stereocenters. The van der Waals surface area contributed by atoms with Gasteiger partial charge in [0, 0.05) is 16.5 Å². The Hall–Kier alpha value is -3.49. The van der Waals surface area contributed by atoms with Gasteiger partial charge < -0.3 is 9.84 Å². The predicted molar refractivity (Wildman–Crippen MR) is 148 cm³/mol. The van der Waals surface area contributed by atoms with Crippen LogP contribution in [0.4, 0.5) is 5.13 Å². The second-order valence-electron chi connectivity index (χ2n) is 9.60. The van der Waals surface area contributed by atoms with Crippen molar-refractivity contribution in [2.24, 2.45) is 0 Å². The lowest BCUT2D eigenvalue weighted by Gasteiger charge is -2.23. The van der Waals surface area contributed by atoms with Crippen molar-refractivity contribution in [1.29, 1.82) is 0 Å². The number of benzene rings is 3. The number of aliphatic hydroxyl groups excluding tert-OH is 1. The lowest BCUT2D eigenvalue weighted by Crippen LogP contribution is -2.29. The van der Waals surface area contributed by atoms with Crippen molar-refractivity contribution >= 4 is 60.1 Å². The van der Waals surface area contributed by atoms with Crippen LogP contribution in [-0.4, -0.2) is 27.9 Å². The van der Waals surface area contributed by atoms with Gasteiger partial charge in [0.05, 0.1) is 21.8 Å². The lowest BCUT2D eigenvalue weighted by molar-refractivity contribution is -0.132.